The molecule has 0 radical (unpaired) electrons. The number of esters is 2. The third-order valence-electron chi connectivity index (χ3n) is 3.09. The lowest BCUT2D eigenvalue weighted by Gasteiger charge is -2.37. The van der Waals surface area contributed by atoms with E-state index in [1.807, 2.05) is 0 Å². The van der Waals surface area contributed by atoms with Gasteiger partial charge in [-0.2, -0.15) is 48.3 Å². The van der Waals surface area contributed by atoms with Crippen LogP contribution in [0.4, 0.5) is 52.7 Å². The van der Waals surface area contributed by atoms with Crippen LogP contribution in [0.3, 0.4) is 0 Å². The molecule has 32 heavy (non-hydrogen) atoms. The molecular formula is C16H16F12O4. The van der Waals surface area contributed by atoms with Gasteiger partial charge in [-0.1, -0.05) is 13.2 Å². The Morgan fingerprint density at radius 3 is 1.41 bits per heavy atom. The summed E-state index contributed by atoms with van der Waals surface area (Å²) in [6.45, 7) is 8.18. The van der Waals surface area contributed by atoms with Gasteiger partial charge in [0.25, 0.3) is 0 Å². The maximum Gasteiger partial charge on any atom is 0.473 e. The Morgan fingerprint density at radius 1 is 0.781 bits per heavy atom. The summed E-state index contributed by atoms with van der Waals surface area (Å²) >= 11 is 0. The van der Waals surface area contributed by atoms with Gasteiger partial charge in [-0.05, 0) is 13.8 Å². The van der Waals surface area contributed by atoms with Crippen molar-refractivity contribution >= 4 is 11.9 Å². The lowest BCUT2D eigenvalue weighted by molar-refractivity contribution is -0.422. The average molecular weight is 500 g/mol. The lowest BCUT2D eigenvalue weighted by atomic mass is 9.97. The minimum Gasteiger partial charge on any atom is -0.466 e. The zero-order valence-electron chi connectivity index (χ0n) is 16.4. The number of methoxy groups -OCH3 is 1. The van der Waals surface area contributed by atoms with Crippen LogP contribution in [-0.2, 0) is 19.1 Å². The van der Waals surface area contributed by atoms with E-state index in [9.17, 15) is 62.3 Å². The van der Waals surface area contributed by atoms with Crippen molar-refractivity contribution in [2.75, 3.05) is 7.11 Å². The molecular weight excluding hydrogens is 484 g/mol. The van der Waals surface area contributed by atoms with E-state index in [1.54, 1.807) is 6.92 Å². The molecule has 0 aliphatic rings. The van der Waals surface area contributed by atoms with E-state index in [0.29, 0.717) is 12.5 Å². The normalized spacial score (nSPS) is 14.0. The van der Waals surface area contributed by atoms with Crippen LogP contribution in [0.25, 0.3) is 0 Å². The molecule has 0 spiro atoms. The van der Waals surface area contributed by atoms with E-state index in [2.05, 4.69) is 22.6 Å². The molecule has 0 rings (SSSR count). The van der Waals surface area contributed by atoms with Crippen LogP contribution in [0.2, 0.25) is 0 Å². The van der Waals surface area contributed by atoms with E-state index >= 15 is 0 Å². The van der Waals surface area contributed by atoms with Gasteiger partial charge in [0.05, 0.1) is 13.5 Å². The SMILES string of the molecule is C=C(C)C(=O)OC.C=C(C)C(=O)OC(F)(F)C(F)(F)C(F)(F)C(F)(F)C(F)CC(F)(F)F. The zero-order chi connectivity index (χ0) is 26.5. The fourth-order valence-electron chi connectivity index (χ4n) is 1.36. The third-order valence-corrected chi connectivity index (χ3v) is 3.09. The van der Waals surface area contributed by atoms with Crippen molar-refractivity contribution in [3.05, 3.63) is 24.3 Å². The molecule has 0 aromatic heterocycles. The second-order valence-electron chi connectivity index (χ2n) is 6.02. The molecule has 0 amide bonds. The number of carbonyl (C=O) groups excluding carboxylic acids is 2. The van der Waals surface area contributed by atoms with E-state index in [4.69, 9.17) is 0 Å². The van der Waals surface area contributed by atoms with Gasteiger partial charge in [0.2, 0.25) is 0 Å². The van der Waals surface area contributed by atoms with Gasteiger partial charge in [0, 0.05) is 11.1 Å². The Labute approximate surface area is 172 Å². The predicted octanol–water partition coefficient (Wildman–Crippen LogP) is 5.63. The Hall–Kier alpha value is -2.42. The van der Waals surface area contributed by atoms with E-state index < -0.39 is 54.2 Å². The van der Waals surface area contributed by atoms with Crippen molar-refractivity contribution in [2.24, 2.45) is 0 Å². The van der Waals surface area contributed by atoms with Crippen LogP contribution in [0.1, 0.15) is 20.3 Å². The highest BCUT2D eigenvalue weighted by molar-refractivity contribution is 5.87. The summed E-state index contributed by atoms with van der Waals surface area (Å²) in [4.78, 5) is 20.9. The molecule has 4 nitrogen and oxygen atoms in total. The van der Waals surface area contributed by atoms with Crippen molar-refractivity contribution in [3.63, 3.8) is 0 Å². The van der Waals surface area contributed by atoms with Gasteiger partial charge in [-0.15, -0.1) is 0 Å². The summed E-state index contributed by atoms with van der Waals surface area (Å²) in [5, 5.41) is 0. The fraction of sp³-hybridized carbons (Fsp3) is 0.625. The topological polar surface area (TPSA) is 52.6 Å². The first kappa shape index (κ1) is 31.8. The first-order chi connectivity index (χ1) is 13.9. The van der Waals surface area contributed by atoms with Crippen molar-refractivity contribution in [1.29, 1.82) is 0 Å². The minimum atomic E-state index is -7.36. The molecule has 0 aliphatic carbocycles. The highest BCUT2D eigenvalue weighted by atomic mass is 19.4. The summed E-state index contributed by atoms with van der Waals surface area (Å²) in [7, 11) is 1.33. The first-order valence-corrected chi connectivity index (χ1v) is 7.73. The highest BCUT2D eigenvalue weighted by Crippen LogP contribution is 2.55. The molecule has 188 valence electrons. The van der Waals surface area contributed by atoms with Crippen molar-refractivity contribution in [1.82, 2.24) is 0 Å². The summed E-state index contributed by atoms with van der Waals surface area (Å²) in [5.41, 5.74) is -0.589. The summed E-state index contributed by atoms with van der Waals surface area (Å²) in [6.07, 6.45) is -20.7. The molecule has 0 N–H and O–H groups in total. The lowest BCUT2D eigenvalue weighted by Crippen LogP contribution is -2.65. The Bertz CT molecular complexity index is 712. The molecule has 0 bridgehead atoms. The smallest absolute Gasteiger partial charge is 0.466 e. The summed E-state index contributed by atoms with van der Waals surface area (Å²) in [5.74, 6) is -24.2. The number of carbonyl (C=O) groups is 2. The number of ether oxygens (including phenoxy) is 2. The summed E-state index contributed by atoms with van der Waals surface area (Å²) < 4.78 is 160. The Balaban J connectivity index is 0. The number of hydrogen-bond acceptors (Lipinski definition) is 4. The maximum absolute atomic E-state index is 13.2. The van der Waals surface area contributed by atoms with Crippen LogP contribution >= 0.6 is 0 Å². The standard InChI is InChI=1S/C11H8F12O2.C5H8O2/c1-4(2)6(24)25-11(22,23)10(20,21)9(18,19)8(16,17)5(12)3-7(13,14)15;1-4(2)5(6)7-3/h5H,1,3H2,2H3;1H2,2-3H3. The number of alkyl halides is 12. The molecule has 0 aromatic carbocycles. The Morgan fingerprint density at radius 2 is 1.16 bits per heavy atom. The van der Waals surface area contributed by atoms with Gasteiger partial charge >= 0.3 is 42.0 Å². The molecule has 0 saturated heterocycles. The molecule has 0 aliphatic heterocycles. The van der Waals surface area contributed by atoms with Crippen molar-refractivity contribution < 1.29 is 71.7 Å². The first-order valence-electron chi connectivity index (χ1n) is 7.73. The van der Waals surface area contributed by atoms with E-state index in [-0.39, 0.29) is 5.97 Å². The molecule has 1 atom stereocenters. The second kappa shape index (κ2) is 10.5. The summed E-state index contributed by atoms with van der Waals surface area (Å²) in [6, 6.07) is 0. The third kappa shape index (κ3) is 7.62. The molecule has 16 heteroatoms. The second-order valence-corrected chi connectivity index (χ2v) is 6.02. The van der Waals surface area contributed by atoms with Crippen molar-refractivity contribution in [2.45, 2.75) is 56.5 Å². The Kier molecular flexibility index (Phi) is 10.4. The molecule has 0 heterocycles. The zero-order valence-corrected chi connectivity index (χ0v) is 16.4. The van der Waals surface area contributed by atoms with Gasteiger partial charge in [0.1, 0.15) is 0 Å². The largest absolute Gasteiger partial charge is 0.473 e. The number of hydrogen-bond donors (Lipinski definition) is 0. The van der Waals surface area contributed by atoms with Crippen LogP contribution in [0.15, 0.2) is 24.3 Å². The molecule has 0 saturated carbocycles. The van der Waals surface area contributed by atoms with Crippen LogP contribution in [-0.4, -0.2) is 55.3 Å². The van der Waals surface area contributed by atoms with Crippen LogP contribution in [0, 0.1) is 0 Å². The fourth-order valence-corrected chi connectivity index (χ4v) is 1.36. The van der Waals surface area contributed by atoms with E-state index in [1.165, 1.54) is 7.11 Å². The molecule has 0 aromatic rings. The quantitative estimate of drug-likeness (QED) is 0.246. The van der Waals surface area contributed by atoms with Gasteiger partial charge in [-0.3, -0.25) is 0 Å². The molecule has 0 fully saturated rings. The average Bonchev–Trinajstić information content (AvgIpc) is 2.58. The van der Waals surface area contributed by atoms with Crippen molar-refractivity contribution in [3.8, 4) is 0 Å². The number of halogens is 12. The van der Waals surface area contributed by atoms with E-state index in [0.717, 1.165) is 0 Å². The van der Waals surface area contributed by atoms with Crippen LogP contribution in [0.5, 0.6) is 0 Å². The monoisotopic (exact) mass is 500 g/mol. The van der Waals surface area contributed by atoms with Gasteiger partial charge in [-0.25, -0.2) is 14.0 Å². The predicted molar refractivity (Wildman–Crippen MR) is 83.1 cm³/mol. The maximum atomic E-state index is 13.2. The minimum absolute atomic E-state index is 0.347. The van der Waals surface area contributed by atoms with Gasteiger partial charge in [0.15, 0.2) is 6.17 Å². The molecule has 1 unspecified atom stereocenters. The van der Waals surface area contributed by atoms with Gasteiger partial charge < -0.3 is 9.47 Å². The number of rotatable bonds is 8. The highest BCUT2D eigenvalue weighted by Gasteiger charge is 2.84. The van der Waals surface area contributed by atoms with Crippen LogP contribution < -0.4 is 0 Å².